The van der Waals surface area contributed by atoms with Gasteiger partial charge in [-0.15, -0.1) is 0 Å². The average molecular weight is 442 g/mol. The molecule has 0 unspecified atom stereocenters. The number of morpholine rings is 1. The van der Waals surface area contributed by atoms with Gasteiger partial charge in [0.05, 0.1) is 24.4 Å². The van der Waals surface area contributed by atoms with Crippen LogP contribution in [-0.2, 0) is 15.7 Å². The molecular formula is C20H22F4N4O3. The summed E-state index contributed by atoms with van der Waals surface area (Å²) in [4.78, 5) is 20.9. The maximum atomic E-state index is 14.6. The summed E-state index contributed by atoms with van der Waals surface area (Å²) in [6, 6.07) is 4.23. The summed E-state index contributed by atoms with van der Waals surface area (Å²) in [5.74, 6) is -0.844. The molecule has 1 N–H and O–H groups in total. The highest BCUT2D eigenvalue weighted by atomic mass is 19.4. The quantitative estimate of drug-likeness (QED) is 0.696. The van der Waals surface area contributed by atoms with Crippen LogP contribution in [0.3, 0.4) is 0 Å². The molecule has 1 saturated heterocycles. The van der Waals surface area contributed by atoms with Crippen LogP contribution >= 0.6 is 0 Å². The van der Waals surface area contributed by atoms with Crippen LogP contribution in [0.25, 0.3) is 0 Å². The molecule has 168 valence electrons. The summed E-state index contributed by atoms with van der Waals surface area (Å²) in [7, 11) is 0. The van der Waals surface area contributed by atoms with Gasteiger partial charge in [-0.1, -0.05) is 6.07 Å². The number of nitrogens with zero attached hydrogens (tertiary/aromatic N) is 3. The van der Waals surface area contributed by atoms with Crippen molar-refractivity contribution in [2.75, 3.05) is 25.0 Å². The molecule has 3 rings (SSSR count). The van der Waals surface area contributed by atoms with Crippen LogP contribution in [0.1, 0.15) is 38.0 Å². The highest BCUT2D eigenvalue weighted by molar-refractivity contribution is 5.68. The number of anilines is 2. The number of hydrogen-bond acceptors (Lipinski definition) is 6. The Morgan fingerprint density at radius 1 is 1.23 bits per heavy atom. The highest BCUT2D eigenvalue weighted by Gasteiger charge is 2.31. The van der Waals surface area contributed by atoms with Gasteiger partial charge in [0, 0.05) is 18.9 Å². The molecular weight excluding hydrogens is 420 g/mol. The fourth-order valence-corrected chi connectivity index (χ4v) is 2.84. The standard InChI is InChI=1S/C20H22F4N4O3/c1-19(2,3)31-18(29)28-6-7-30-16(11-28)12-4-5-15(14(21)8-12)27-17-25-9-13(10-26-17)20(22,23)24/h4-5,8-10,16H,6-7,11H2,1-3H3,(H,25,26,27)/t16-/m1/s1. The van der Waals surface area contributed by atoms with E-state index in [-0.39, 0.29) is 24.8 Å². The van der Waals surface area contributed by atoms with Crippen molar-refractivity contribution < 1.29 is 31.8 Å². The Bertz CT molecular complexity index is 930. The summed E-state index contributed by atoms with van der Waals surface area (Å²) in [6.45, 7) is 6.13. The molecule has 1 aliphatic heterocycles. The van der Waals surface area contributed by atoms with Gasteiger partial charge in [-0.2, -0.15) is 13.2 Å². The van der Waals surface area contributed by atoms with Gasteiger partial charge in [0.1, 0.15) is 17.5 Å². The molecule has 1 fully saturated rings. The first kappa shape index (κ1) is 22.7. The third-order valence-electron chi connectivity index (χ3n) is 4.31. The minimum Gasteiger partial charge on any atom is -0.444 e. The van der Waals surface area contributed by atoms with E-state index in [9.17, 15) is 22.4 Å². The zero-order valence-corrected chi connectivity index (χ0v) is 17.2. The van der Waals surface area contributed by atoms with E-state index in [1.807, 2.05) is 0 Å². The van der Waals surface area contributed by atoms with Gasteiger partial charge in [-0.25, -0.2) is 19.2 Å². The number of amides is 1. The normalized spacial score (nSPS) is 17.4. The smallest absolute Gasteiger partial charge is 0.419 e. The van der Waals surface area contributed by atoms with Crippen molar-refractivity contribution >= 4 is 17.7 Å². The molecule has 0 saturated carbocycles. The molecule has 1 aromatic heterocycles. The molecule has 0 bridgehead atoms. The predicted octanol–water partition coefficient (Wildman–Crippen LogP) is 4.69. The van der Waals surface area contributed by atoms with Crippen LogP contribution in [0.2, 0.25) is 0 Å². The molecule has 1 atom stereocenters. The first-order valence-electron chi connectivity index (χ1n) is 9.47. The lowest BCUT2D eigenvalue weighted by molar-refractivity contribution is -0.138. The largest absolute Gasteiger partial charge is 0.444 e. The number of nitrogens with one attached hydrogen (secondary N) is 1. The van der Waals surface area contributed by atoms with Crippen molar-refractivity contribution in [2.45, 2.75) is 38.7 Å². The SMILES string of the molecule is CC(C)(C)OC(=O)N1CCO[C@@H](c2ccc(Nc3ncc(C(F)(F)F)cn3)c(F)c2)C1. The van der Waals surface area contributed by atoms with E-state index in [0.717, 1.165) is 0 Å². The van der Waals surface area contributed by atoms with E-state index >= 15 is 0 Å². The van der Waals surface area contributed by atoms with E-state index in [1.165, 1.54) is 17.0 Å². The van der Waals surface area contributed by atoms with Gasteiger partial charge in [0.15, 0.2) is 0 Å². The predicted molar refractivity (Wildman–Crippen MR) is 103 cm³/mol. The Morgan fingerprint density at radius 3 is 2.48 bits per heavy atom. The molecule has 7 nitrogen and oxygen atoms in total. The fourth-order valence-electron chi connectivity index (χ4n) is 2.84. The Kier molecular flexibility index (Phi) is 6.35. The molecule has 0 aliphatic carbocycles. The summed E-state index contributed by atoms with van der Waals surface area (Å²) in [6.07, 6.45) is -4.35. The Balaban J connectivity index is 1.68. The molecule has 1 aromatic carbocycles. The first-order valence-corrected chi connectivity index (χ1v) is 9.47. The Labute approximate surface area is 176 Å². The molecule has 1 aliphatic rings. The number of benzene rings is 1. The van der Waals surface area contributed by atoms with E-state index in [2.05, 4.69) is 15.3 Å². The van der Waals surface area contributed by atoms with Gasteiger partial charge in [-0.05, 0) is 38.5 Å². The van der Waals surface area contributed by atoms with Gasteiger partial charge in [0.25, 0.3) is 0 Å². The van der Waals surface area contributed by atoms with E-state index in [0.29, 0.717) is 24.5 Å². The van der Waals surface area contributed by atoms with Crippen LogP contribution in [0.4, 0.5) is 34.0 Å². The van der Waals surface area contributed by atoms with Gasteiger partial charge in [-0.3, -0.25) is 0 Å². The lowest BCUT2D eigenvalue weighted by atomic mass is 10.1. The number of halogens is 4. The van der Waals surface area contributed by atoms with E-state index in [1.54, 1.807) is 26.8 Å². The van der Waals surface area contributed by atoms with Crippen LogP contribution in [0.15, 0.2) is 30.6 Å². The number of rotatable bonds is 3. The molecule has 0 spiro atoms. The second-order valence-electron chi connectivity index (χ2n) is 7.94. The molecule has 2 heterocycles. The number of alkyl halides is 3. The maximum absolute atomic E-state index is 14.6. The fraction of sp³-hybridized carbons (Fsp3) is 0.450. The number of hydrogen-bond donors (Lipinski definition) is 1. The summed E-state index contributed by atoms with van der Waals surface area (Å²) in [5.41, 5.74) is -1.14. The highest BCUT2D eigenvalue weighted by Crippen LogP contribution is 2.30. The molecule has 0 radical (unpaired) electrons. The van der Waals surface area contributed by atoms with Crippen LogP contribution in [-0.4, -0.2) is 46.3 Å². The van der Waals surface area contributed by atoms with Crippen molar-refractivity contribution in [3.63, 3.8) is 0 Å². The van der Waals surface area contributed by atoms with Crippen molar-refractivity contribution in [2.24, 2.45) is 0 Å². The monoisotopic (exact) mass is 442 g/mol. The number of ether oxygens (including phenoxy) is 2. The summed E-state index contributed by atoms with van der Waals surface area (Å²) >= 11 is 0. The number of carbonyl (C=O) groups is 1. The summed E-state index contributed by atoms with van der Waals surface area (Å²) < 4.78 is 63.4. The van der Waals surface area contributed by atoms with E-state index in [4.69, 9.17) is 9.47 Å². The molecule has 2 aromatic rings. The molecule has 31 heavy (non-hydrogen) atoms. The third kappa shape index (κ3) is 6.03. The number of aromatic nitrogens is 2. The minimum atomic E-state index is -4.56. The first-order chi connectivity index (χ1) is 14.4. The second kappa shape index (κ2) is 8.66. The molecule has 11 heteroatoms. The van der Waals surface area contributed by atoms with Crippen LogP contribution < -0.4 is 5.32 Å². The van der Waals surface area contributed by atoms with Gasteiger partial charge in [0.2, 0.25) is 5.95 Å². The van der Waals surface area contributed by atoms with Crippen LogP contribution in [0, 0.1) is 5.82 Å². The van der Waals surface area contributed by atoms with Crippen molar-refractivity contribution in [1.29, 1.82) is 0 Å². The lowest BCUT2D eigenvalue weighted by Crippen LogP contribution is -2.44. The maximum Gasteiger partial charge on any atom is 0.419 e. The minimum absolute atomic E-state index is 0.0108. The summed E-state index contributed by atoms with van der Waals surface area (Å²) in [5, 5.41) is 2.54. The van der Waals surface area contributed by atoms with E-state index < -0.39 is 35.4 Å². The van der Waals surface area contributed by atoms with Gasteiger partial charge >= 0.3 is 12.3 Å². The Hall–Kier alpha value is -2.95. The Morgan fingerprint density at radius 2 is 1.90 bits per heavy atom. The lowest BCUT2D eigenvalue weighted by Gasteiger charge is -2.34. The number of carbonyl (C=O) groups excluding carboxylic acids is 1. The topological polar surface area (TPSA) is 76.6 Å². The van der Waals surface area contributed by atoms with Crippen molar-refractivity contribution in [3.05, 3.63) is 47.5 Å². The zero-order chi connectivity index (χ0) is 22.8. The second-order valence-corrected chi connectivity index (χ2v) is 7.94. The zero-order valence-electron chi connectivity index (χ0n) is 17.2. The van der Waals surface area contributed by atoms with Crippen LogP contribution in [0.5, 0.6) is 0 Å². The van der Waals surface area contributed by atoms with Crippen molar-refractivity contribution in [3.8, 4) is 0 Å². The third-order valence-corrected chi connectivity index (χ3v) is 4.31. The molecule has 1 amide bonds. The van der Waals surface area contributed by atoms with Gasteiger partial charge < -0.3 is 19.7 Å². The average Bonchev–Trinajstić information content (AvgIpc) is 2.68. The van der Waals surface area contributed by atoms with Crippen molar-refractivity contribution in [1.82, 2.24) is 14.9 Å².